The SMILES string of the molecule is CCc1nccc2c(S(=O)(=O)NNC)cccc12.Cl.Cl. The lowest BCUT2D eigenvalue weighted by Crippen LogP contribution is -2.34. The van der Waals surface area contributed by atoms with E-state index in [9.17, 15) is 8.42 Å². The van der Waals surface area contributed by atoms with Gasteiger partial charge in [-0.05, 0) is 25.6 Å². The van der Waals surface area contributed by atoms with Gasteiger partial charge in [0.1, 0.15) is 0 Å². The van der Waals surface area contributed by atoms with Crippen molar-refractivity contribution >= 4 is 45.6 Å². The fraction of sp³-hybridized carbons (Fsp3) is 0.250. The zero-order valence-corrected chi connectivity index (χ0v) is 13.5. The van der Waals surface area contributed by atoms with Gasteiger partial charge in [0, 0.05) is 22.7 Å². The van der Waals surface area contributed by atoms with Crippen molar-refractivity contribution in [2.24, 2.45) is 0 Å². The zero-order chi connectivity index (χ0) is 13.2. The van der Waals surface area contributed by atoms with Gasteiger partial charge < -0.3 is 0 Å². The Labute approximate surface area is 131 Å². The van der Waals surface area contributed by atoms with Crippen molar-refractivity contribution in [1.82, 2.24) is 15.2 Å². The number of benzene rings is 1. The summed E-state index contributed by atoms with van der Waals surface area (Å²) in [6.07, 6.45) is 2.40. The van der Waals surface area contributed by atoms with Gasteiger partial charge in [0.25, 0.3) is 10.0 Å². The maximum absolute atomic E-state index is 12.1. The van der Waals surface area contributed by atoms with Gasteiger partial charge in [-0.15, -0.1) is 29.6 Å². The normalized spacial score (nSPS) is 10.7. The Bertz CT molecular complexity index is 677. The van der Waals surface area contributed by atoms with Gasteiger partial charge in [0.2, 0.25) is 0 Å². The number of aryl methyl sites for hydroxylation is 1. The summed E-state index contributed by atoms with van der Waals surface area (Å²) in [5.41, 5.74) is 3.34. The topological polar surface area (TPSA) is 71.1 Å². The summed E-state index contributed by atoms with van der Waals surface area (Å²) in [7, 11) is -2.04. The van der Waals surface area contributed by atoms with Gasteiger partial charge in [-0.2, -0.15) is 0 Å². The summed E-state index contributed by atoms with van der Waals surface area (Å²) in [6.45, 7) is 1.99. The minimum absolute atomic E-state index is 0. The van der Waals surface area contributed by atoms with E-state index < -0.39 is 10.0 Å². The van der Waals surface area contributed by atoms with Gasteiger partial charge in [-0.3, -0.25) is 4.98 Å². The van der Waals surface area contributed by atoms with Crippen molar-refractivity contribution in [1.29, 1.82) is 0 Å². The number of hydrogen-bond donors (Lipinski definition) is 2. The summed E-state index contributed by atoms with van der Waals surface area (Å²) in [4.78, 5) is 6.79. The van der Waals surface area contributed by atoms with Gasteiger partial charge in [0.15, 0.2) is 0 Å². The second kappa shape index (κ2) is 7.75. The highest BCUT2D eigenvalue weighted by Gasteiger charge is 2.17. The second-order valence-electron chi connectivity index (χ2n) is 3.82. The number of rotatable bonds is 4. The summed E-state index contributed by atoms with van der Waals surface area (Å²) in [6, 6.07) is 6.92. The molecule has 0 saturated heterocycles. The molecule has 0 spiro atoms. The molecule has 0 radical (unpaired) electrons. The molecule has 8 heteroatoms. The van der Waals surface area contributed by atoms with Crippen molar-refractivity contribution in [3.63, 3.8) is 0 Å². The first-order valence-electron chi connectivity index (χ1n) is 5.65. The molecular formula is C12H17Cl2N3O2S. The predicted octanol–water partition coefficient (Wildman–Crippen LogP) is 2.05. The average Bonchev–Trinajstić information content (AvgIpc) is 2.37. The lowest BCUT2D eigenvalue weighted by molar-refractivity contribution is 0.571. The third kappa shape index (κ3) is 3.59. The summed E-state index contributed by atoms with van der Waals surface area (Å²) >= 11 is 0. The Morgan fingerprint density at radius 3 is 2.45 bits per heavy atom. The fourth-order valence-electron chi connectivity index (χ4n) is 1.94. The van der Waals surface area contributed by atoms with Crippen molar-refractivity contribution < 1.29 is 8.42 Å². The largest absolute Gasteiger partial charge is 0.261 e. The molecule has 0 fully saturated rings. The number of hydrazine groups is 1. The lowest BCUT2D eigenvalue weighted by Gasteiger charge is -2.10. The molecule has 1 aromatic carbocycles. The minimum atomic E-state index is -3.55. The van der Waals surface area contributed by atoms with Crippen LogP contribution in [0.3, 0.4) is 0 Å². The molecular weight excluding hydrogens is 321 g/mol. The number of aromatic nitrogens is 1. The van der Waals surface area contributed by atoms with Crippen LogP contribution in [-0.4, -0.2) is 20.4 Å². The number of halogens is 2. The van der Waals surface area contributed by atoms with Crippen LogP contribution < -0.4 is 10.3 Å². The maximum atomic E-state index is 12.1. The average molecular weight is 338 g/mol. The molecule has 1 aromatic heterocycles. The summed E-state index contributed by atoms with van der Waals surface area (Å²) < 4.78 is 24.1. The Kier molecular flexibility index (Phi) is 7.40. The molecule has 5 nitrogen and oxygen atoms in total. The minimum Gasteiger partial charge on any atom is -0.261 e. The number of sulfonamides is 1. The van der Waals surface area contributed by atoms with Crippen LogP contribution in [0, 0.1) is 0 Å². The van der Waals surface area contributed by atoms with E-state index in [1.807, 2.05) is 13.0 Å². The molecule has 0 saturated carbocycles. The van der Waals surface area contributed by atoms with E-state index in [0.29, 0.717) is 5.39 Å². The zero-order valence-electron chi connectivity index (χ0n) is 11.1. The fourth-order valence-corrected chi connectivity index (χ4v) is 3.05. The molecule has 0 unspecified atom stereocenters. The maximum Gasteiger partial charge on any atom is 0.253 e. The van der Waals surface area contributed by atoms with Crippen molar-refractivity contribution in [2.75, 3.05) is 7.05 Å². The highest BCUT2D eigenvalue weighted by Crippen LogP contribution is 2.24. The Hall–Kier alpha value is -0.920. The van der Waals surface area contributed by atoms with E-state index in [-0.39, 0.29) is 29.7 Å². The number of pyridine rings is 1. The molecule has 2 aromatic rings. The van der Waals surface area contributed by atoms with Crippen LogP contribution in [0.1, 0.15) is 12.6 Å². The Morgan fingerprint density at radius 1 is 1.15 bits per heavy atom. The van der Waals surface area contributed by atoms with E-state index in [2.05, 4.69) is 15.2 Å². The number of hydrogen-bond acceptors (Lipinski definition) is 4. The van der Waals surface area contributed by atoms with E-state index in [0.717, 1.165) is 17.5 Å². The number of nitrogens with one attached hydrogen (secondary N) is 2. The number of nitrogens with zero attached hydrogens (tertiary/aromatic N) is 1. The van der Waals surface area contributed by atoms with Gasteiger partial charge in [0.05, 0.1) is 4.90 Å². The number of fused-ring (bicyclic) bond motifs is 1. The monoisotopic (exact) mass is 337 g/mol. The Balaban J connectivity index is 0.00000180. The van der Waals surface area contributed by atoms with Gasteiger partial charge >= 0.3 is 0 Å². The molecule has 0 aliphatic rings. The molecule has 20 heavy (non-hydrogen) atoms. The van der Waals surface area contributed by atoms with Crippen LogP contribution in [0.2, 0.25) is 0 Å². The van der Waals surface area contributed by atoms with Gasteiger partial charge in [-0.25, -0.2) is 13.8 Å². The second-order valence-corrected chi connectivity index (χ2v) is 5.47. The van der Waals surface area contributed by atoms with Crippen LogP contribution in [0.4, 0.5) is 0 Å². The molecule has 0 aliphatic carbocycles. The highest BCUT2D eigenvalue weighted by molar-refractivity contribution is 7.89. The van der Waals surface area contributed by atoms with Crippen LogP contribution >= 0.6 is 24.8 Å². The first-order chi connectivity index (χ1) is 8.60. The third-order valence-corrected chi connectivity index (χ3v) is 4.12. The molecule has 1 heterocycles. The van der Waals surface area contributed by atoms with Crippen LogP contribution in [0.15, 0.2) is 35.4 Å². The molecule has 112 valence electrons. The van der Waals surface area contributed by atoms with Crippen LogP contribution in [-0.2, 0) is 16.4 Å². The first kappa shape index (κ1) is 19.1. The molecule has 0 bridgehead atoms. The molecule has 0 atom stereocenters. The Morgan fingerprint density at radius 2 is 1.85 bits per heavy atom. The van der Waals surface area contributed by atoms with Crippen LogP contribution in [0.25, 0.3) is 10.8 Å². The molecule has 0 aliphatic heterocycles. The van der Waals surface area contributed by atoms with Gasteiger partial charge in [-0.1, -0.05) is 19.1 Å². The van der Waals surface area contributed by atoms with Crippen LogP contribution in [0.5, 0.6) is 0 Å². The van der Waals surface area contributed by atoms with Crippen molar-refractivity contribution in [2.45, 2.75) is 18.2 Å². The van der Waals surface area contributed by atoms with E-state index in [1.54, 1.807) is 24.4 Å². The lowest BCUT2D eigenvalue weighted by atomic mass is 10.1. The van der Waals surface area contributed by atoms with Crippen molar-refractivity contribution in [3.8, 4) is 0 Å². The van der Waals surface area contributed by atoms with E-state index in [4.69, 9.17) is 0 Å². The van der Waals surface area contributed by atoms with Crippen molar-refractivity contribution in [3.05, 3.63) is 36.2 Å². The van der Waals surface area contributed by atoms with E-state index in [1.165, 1.54) is 7.05 Å². The first-order valence-corrected chi connectivity index (χ1v) is 7.13. The standard InChI is InChI=1S/C12H15N3O2S.2ClH/c1-3-11-9-5-4-6-12(10(9)7-8-14-11)18(16,17)15-13-2;;/h4-8,13,15H,3H2,1-2H3;2*1H. The quantitative estimate of drug-likeness (QED) is 0.837. The molecule has 2 rings (SSSR count). The van der Waals surface area contributed by atoms with E-state index >= 15 is 0 Å². The third-order valence-electron chi connectivity index (χ3n) is 2.71. The molecule has 2 N–H and O–H groups in total. The summed E-state index contributed by atoms with van der Waals surface area (Å²) in [5, 5.41) is 1.56. The predicted molar refractivity (Wildman–Crippen MR) is 85.0 cm³/mol. The highest BCUT2D eigenvalue weighted by atomic mass is 35.5. The molecule has 0 amide bonds. The smallest absolute Gasteiger partial charge is 0.253 e. The summed E-state index contributed by atoms with van der Waals surface area (Å²) in [5.74, 6) is 0.